The Kier molecular flexibility index (Phi) is 3.93. The third-order valence-electron chi connectivity index (χ3n) is 6.19. The molecule has 0 atom stereocenters. The van der Waals surface area contributed by atoms with E-state index in [1.54, 1.807) is 22.3 Å². The van der Waals surface area contributed by atoms with Crippen molar-refractivity contribution < 1.29 is 0 Å². The molecule has 21 heavy (non-hydrogen) atoms. The van der Waals surface area contributed by atoms with Crippen LogP contribution in [0.5, 0.6) is 0 Å². The number of rotatable bonds is 2. The molecule has 1 aromatic carbocycles. The van der Waals surface area contributed by atoms with Crippen LogP contribution in [0.3, 0.4) is 0 Å². The summed E-state index contributed by atoms with van der Waals surface area (Å²) in [5.74, 6) is 2.28. The molecule has 0 heterocycles. The Bertz CT molecular complexity index is 474. The Morgan fingerprint density at radius 2 is 1.29 bits per heavy atom. The summed E-state index contributed by atoms with van der Waals surface area (Å²) < 4.78 is 0. The van der Waals surface area contributed by atoms with Crippen molar-refractivity contribution in [3.05, 3.63) is 34.4 Å². The lowest BCUT2D eigenvalue weighted by molar-refractivity contribution is 0.166. The highest BCUT2D eigenvalue weighted by molar-refractivity contribution is 5.48. The lowest BCUT2D eigenvalue weighted by Crippen LogP contribution is -2.27. The quantitative estimate of drug-likeness (QED) is 0.604. The molecule has 1 fully saturated rings. The molecule has 0 heteroatoms. The molecule has 0 aliphatic heterocycles. The first kappa shape index (κ1) is 15.1. The second kappa shape index (κ2) is 5.45. The van der Waals surface area contributed by atoms with E-state index in [9.17, 15) is 0 Å². The average Bonchev–Trinajstić information content (AvgIpc) is 2.79. The van der Waals surface area contributed by atoms with Crippen LogP contribution in [0.25, 0.3) is 0 Å². The van der Waals surface area contributed by atoms with Crippen LogP contribution < -0.4 is 0 Å². The fraction of sp³-hybridized carbons (Fsp3) is 0.714. The van der Waals surface area contributed by atoms with Crippen LogP contribution in [-0.4, -0.2) is 0 Å². The van der Waals surface area contributed by atoms with Crippen molar-refractivity contribution in [1.29, 1.82) is 0 Å². The van der Waals surface area contributed by atoms with E-state index in [-0.39, 0.29) is 0 Å². The third-order valence-corrected chi connectivity index (χ3v) is 6.19. The molecule has 3 rings (SSSR count). The van der Waals surface area contributed by atoms with Gasteiger partial charge in [0.25, 0.3) is 0 Å². The molecule has 1 aromatic rings. The van der Waals surface area contributed by atoms with Gasteiger partial charge in [-0.25, -0.2) is 0 Å². The van der Waals surface area contributed by atoms with Gasteiger partial charge >= 0.3 is 0 Å². The Morgan fingerprint density at radius 1 is 0.857 bits per heavy atom. The van der Waals surface area contributed by atoms with Crippen molar-refractivity contribution in [2.75, 3.05) is 0 Å². The topological polar surface area (TPSA) is 0 Å². The summed E-state index contributed by atoms with van der Waals surface area (Å²) in [6.45, 7) is 11.9. The first-order valence-corrected chi connectivity index (χ1v) is 9.06. The first-order chi connectivity index (χ1) is 9.92. The molecular formula is C21H32. The lowest BCUT2D eigenvalue weighted by Gasteiger charge is -2.36. The SMILES string of the molecule is CC1CCC2(CC1)Cc1c(C(C)C)ccc(C(C)C)c1C2. The monoisotopic (exact) mass is 284 g/mol. The van der Waals surface area contributed by atoms with Crippen molar-refractivity contribution in [3.8, 4) is 0 Å². The maximum atomic E-state index is 2.44. The van der Waals surface area contributed by atoms with E-state index in [1.807, 2.05) is 0 Å². The minimum Gasteiger partial charge on any atom is -0.0625 e. The van der Waals surface area contributed by atoms with Crippen molar-refractivity contribution in [2.24, 2.45) is 11.3 Å². The van der Waals surface area contributed by atoms with Gasteiger partial charge in [-0.05, 0) is 71.1 Å². The summed E-state index contributed by atoms with van der Waals surface area (Å²) in [6, 6.07) is 4.87. The zero-order valence-electron chi connectivity index (χ0n) is 14.6. The molecule has 1 spiro atoms. The molecule has 0 aromatic heterocycles. The van der Waals surface area contributed by atoms with Crippen molar-refractivity contribution in [1.82, 2.24) is 0 Å². The summed E-state index contributed by atoms with van der Waals surface area (Å²) in [5.41, 5.74) is 7.36. The van der Waals surface area contributed by atoms with E-state index < -0.39 is 0 Å². The van der Waals surface area contributed by atoms with Gasteiger partial charge < -0.3 is 0 Å². The lowest BCUT2D eigenvalue weighted by atomic mass is 9.69. The van der Waals surface area contributed by atoms with E-state index >= 15 is 0 Å². The number of benzene rings is 1. The highest BCUT2D eigenvalue weighted by Gasteiger charge is 2.41. The Balaban J connectivity index is 2.00. The van der Waals surface area contributed by atoms with Crippen LogP contribution in [-0.2, 0) is 12.8 Å². The molecule has 0 bridgehead atoms. The molecule has 0 amide bonds. The summed E-state index contributed by atoms with van der Waals surface area (Å²) in [5, 5.41) is 0. The number of hydrogen-bond donors (Lipinski definition) is 0. The van der Waals surface area contributed by atoms with Gasteiger partial charge in [0.15, 0.2) is 0 Å². The number of hydrogen-bond acceptors (Lipinski definition) is 0. The molecule has 0 nitrogen and oxygen atoms in total. The molecular weight excluding hydrogens is 252 g/mol. The van der Waals surface area contributed by atoms with Crippen LogP contribution >= 0.6 is 0 Å². The fourth-order valence-electron chi connectivity index (χ4n) is 4.77. The zero-order chi connectivity index (χ0) is 15.2. The van der Waals surface area contributed by atoms with Crippen LogP contribution in [0, 0.1) is 11.3 Å². The molecule has 1 saturated carbocycles. The van der Waals surface area contributed by atoms with E-state index in [4.69, 9.17) is 0 Å². The van der Waals surface area contributed by atoms with Crippen LogP contribution in [0.4, 0.5) is 0 Å². The average molecular weight is 284 g/mol. The Hall–Kier alpha value is -0.780. The van der Waals surface area contributed by atoms with Gasteiger partial charge in [0.1, 0.15) is 0 Å². The fourth-order valence-corrected chi connectivity index (χ4v) is 4.77. The standard InChI is InChI=1S/C21H32/c1-14(2)17-6-7-18(15(3)4)20-13-21(12-19(17)20)10-8-16(5)9-11-21/h6-7,14-16H,8-13H2,1-5H3. The summed E-state index contributed by atoms with van der Waals surface area (Å²) >= 11 is 0. The second-order valence-corrected chi connectivity index (χ2v) is 8.55. The molecule has 0 unspecified atom stereocenters. The van der Waals surface area contributed by atoms with Gasteiger partial charge in [-0.3, -0.25) is 0 Å². The van der Waals surface area contributed by atoms with E-state index in [2.05, 4.69) is 46.8 Å². The van der Waals surface area contributed by atoms with Gasteiger partial charge in [0.05, 0.1) is 0 Å². The van der Waals surface area contributed by atoms with Gasteiger partial charge in [-0.2, -0.15) is 0 Å². The molecule has 2 aliphatic carbocycles. The Labute approximate surface area is 131 Å². The van der Waals surface area contributed by atoms with E-state index in [0.29, 0.717) is 17.3 Å². The maximum Gasteiger partial charge on any atom is -0.0213 e. The van der Waals surface area contributed by atoms with Crippen molar-refractivity contribution >= 4 is 0 Å². The predicted molar refractivity (Wildman–Crippen MR) is 92.1 cm³/mol. The van der Waals surface area contributed by atoms with Crippen molar-refractivity contribution in [3.63, 3.8) is 0 Å². The zero-order valence-corrected chi connectivity index (χ0v) is 14.6. The molecule has 2 aliphatic rings. The van der Waals surface area contributed by atoms with Crippen LogP contribution in [0.15, 0.2) is 12.1 Å². The molecule has 0 saturated heterocycles. The molecule has 0 radical (unpaired) electrons. The largest absolute Gasteiger partial charge is 0.0625 e. The van der Waals surface area contributed by atoms with Crippen LogP contribution in [0.1, 0.15) is 94.4 Å². The summed E-state index contributed by atoms with van der Waals surface area (Å²) in [4.78, 5) is 0. The summed E-state index contributed by atoms with van der Waals surface area (Å²) in [6.07, 6.45) is 8.53. The van der Waals surface area contributed by atoms with E-state index in [1.165, 1.54) is 38.5 Å². The first-order valence-electron chi connectivity index (χ1n) is 9.06. The highest BCUT2D eigenvalue weighted by Crippen LogP contribution is 2.51. The van der Waals surface area contributed by atoms with Gasteiger partial charge in [-0.15, -0.1) is 0 Å². The van der Waals surface area contributed by atoms with Crippen LogP contribution in [0.2, 0.25) is 0 Å². The van der Waals surface area contributed by atoms with E-state index in [0.717, 1.165) is 5.92 Å². The van der Waals surface area contributed by atoms with Gasteiger partial charge in [0.2, 0.25) is 0 Å². The smallest absolute Gasteiger partial charge is 0.0213 e. The summed E-state index contributed by atoms with van der Waals surface area (Å²) in [7, 11) is 0. The molecule has 116 valence electrons. The third kappa shape index (κ3) is 2.67. The Morgan fingerprint density at radius 3 is 1.67 bits per heavy atom. The molecule has 0 N–H and O–H groups in total. The second-order valence-electron chi connectivity index (χ2n) is 8.55. The predicted octanol–water partition coefficient (Wildman–Crippen LogP) is 6.23. The van der Waals surface area contributed by atoms with Crippen molar-refractivity contribution in [2.45, 2.75) is 85.0 Å². The van der Waals surface area contributed by atoms with Gasteiger partial charge in [0, 0.05) is 0 Å². The maximum absolute atomic E-state index is 2.44. The highest BCUT2D eigenvalue weighted by atomic mass is 14.5. The minimum atomic E-state index is 0.615. The minimum absolute atomic E-state index is 0.615. The number of fused-ring (bicyclic) bond motifs is 1. The van der Waals surface area contributed by atoms with Gasteiger partial charge in [-0.1, -0.05) is 59.6 Å². The normalized spacial score (nSPS) is 21.5.